The average molecular weight is 345 g/mol. The number of likely N-dealkylation sites (N-methyl/N-ethyl adjacent to an activating group) is 1. The number of benzene rings is 1. The lowest BCUT2D eigenvalue weighted by atomic mass is 10.3. The summed E-state index contributed by atoms with van der Waals surface area (Å²) in [6.07, 6.45) is 0.0657. The highest BCUT2D eigenvalue weighted by atomic mass is 32.2. The maximum atomic E-state index is 12.2. The molecule has 0 unspecified atom stereocenters. The molecule has 9 heteroatoms. The third-order valence-electron chi connectivity index (χ3n) is 3.01. The summed E-state index contributed by atoms with van der Waals surface area (Å²) in [5.74, 6) is 0.547. The average Bonchev–Trinajstić information content (AvgIpc) is 2.54. The number of amides is 1. The van der Waals surface area contributed by atoms with Crippen LogP contribution in [0.15, 0.2) is 23.1 Å². The Kier molecular flexibility index (Phi) is 7.79. The molecule has 130 valence electrons. The van der Waals surface area contributed by atoms with E-state index in [0.29, 0.717) is 24.6 Å². The number of hydrogen-bond acceptors (Lipinski definition) is 6. The van der Waals surface area contributed by atoms with Gasteiger partial charge >= 0.3 is 0 Å². The Morgan fingerprint density at radius 1 is 1.09 bits per heavy atom. The van der Waals surface area contributed by atoms with Gasteiger partial charge in [-0.05, 0) is 19.2 Å². The molecule has 1 rings (SSSR count). The molecule has 0 bridgehead atoms. The minimum Gasteiger partial charge on any atom is -0.493 e. The number of nitrogens with one attached hydrogen (secondary N) is 3. The predicted molar refractivity (Wildman–Crippen MR) is 86.3 cm³/mol. The molecule has 0 atom stereocenters. The maximum absolute atomic E-state index is 12.2. The van der Waals surface area contributed by atoms with E-state index >= 15 is 0 Å². The molecular formula is C14H23N3O5S. The van der Waals surface area contributed by atoms with E-state index in [1.807, 2.05) is 0 Å². The zero-order valence-corrected chi connectivity index (χ0v) is 14.3. The smallest absolute Gasteiger partial charge is 0.240 e. The van der Waals surface area contributed by atoms with Gasteiger partial charge in [0.25, 0.3) is 0 Å². The van der Waals surface area contributed by atoms with Crippen LogP contribution in [-0.2, 0) is 14.8 Å². The third-order valence-corrected chi connectivity index (χ3v) is 4.47. The Bertz CT molecular complexity index is 619. The molecule has 0 aliphatic heterocycles. The van der Waals surface area contributed by atoms with Crippen molar-refractivity contribution in [3.8, 4) is 11.5 Å². The van der Waals surface area contributed by atoms with Gasteiger partial charge < -0.3 is 20.1 Å². The summed E-state index contributed by atoms with van der Waals surface area (Å²) in [4.78, 5) is 11.6. The van der Waals surface area contributed by atoms with E-state index in [9.17, 15) is 13.2 Å². The molecule has 0 saturated carbocycles. The van der Waals surface area contributed by atoms with Crippen LogP contribution >= 0.6 is 0 Å². The van der Waals surface area contributed by atoms with Crippen LogP contribution in [0.2, 0.25) is 0 Å². The predicted octanol–water partition coefficient (Wildman–Crippen LogP) is -0.292. The molecule has 23 heavy (non-hydrogen) atoms. The van der Waals surface area contributed by atoms with Gasteiger partial charge in [0.05, 0.1) is 19.1 Å². The molecule has 0 radical (unpaired) electrons. The van der Waals surface area contributed by atoms with Crippen LogP contribution in [0.1, 0.15) is 6.42 Å². The van der Waals surface area contributed by atoms with Crippen molar-refractivity contribution in [3.63, 3.8) is 0 Å². The summed E-state index contributed by atoms with van der Waals surface area (Å²) < 4.78 is 36.9. The quantitative estimate of drug-likeness (QED) is 0.503. The molecule has 0 aromatic heterocycles. The largest absolute Gasteiger partial charge is 0.493 e. The van der Waals surface area contributed by atoms with Crippen LogP contribution in [0, 0.1) is 0 Å². The van der Waals surface area contributed by atoms with Crippen molar-refractivity contribution in [1.82, 2.24) is 15.4 Å². The molecule has 3 N–H and O–H groups in total. The Morgan fingerprint density at radius 2 is 1.78 bits per heavy atom. The Balaban J connectivity index is 2.61. The fourth-order valence-corrected chi connectivity index (χ4v) is 2.83. The van der Waals surface area contributed by atoms with Crippen LogP contribution in [0.25, 0.3) is 0 Å². The summed E-state index contributed by atoms with van der Waals surface area (Å²) >= 11 is 0. The van der Waals surface area contributed by atoms with Gasteiger partial charge in [-0.1, -0.05) is 0 Å². The van der Waals surface area contributed by atoms with Crippen LogP contribution in [0.3, 0.4) is 0 Å². The van der Waals surface area contributed by atoms with E-state index in [4.69, 9.17) is 9.47 Å². The normalized spacial score (nSPS) is 11.1. The van der Waals surface area contributed by atoms with Crippen LogP contribution in [-0.4, -0.2) is 55.2 Å². The van der Waals surface area contributed by atoms with E-state index < -0.39 is 10.0 Å². The first-order valence-electron chi connectivity index (χ1n) is 7.07. The summed E-state index contributed by atoms with van der Waals surface area (Å²) in [5, 5.41) is 5.57. The van der Waals surface area contributed by atoms with Crippen molar-refractivity contribution in [2.45, 2.75) is 11.3 Å². The van der Waals surface area contributed by atoms with E-state index in [1.54, 1.807) is 7.05 Å². The van der Waals surface area contributed by atoms with Crippen molar-refractivity contribution < 1.29 is 22.7 Å². The highest BCUT2D eigenvalue weighted by Gasteiger charge is 2.17. The van der Waals surface area contributed by atoms with E-state index in [0.717, 1.165) is 0 Å². The van der Waals surface area contributed by atoms with Gasteiger partial charge in [-0.3, -0.25) is 4.79 Å². The number of rotatable bonds is 10. The fraction of sp³-hybridized carbons (Fsp3) is 0.500. The van der Waals surface area contributed by atoms with Gasteiger partial charge in [0.15, 0.2) is 11.5 Å². The van der Waals surface area contributed by atoms with E-state index in [-0.39, 0.29) is 23.8 Å². The number of methoxy groups -OCH3 is 2. The van der Waals surface area contributed by atoms with Crippen molar-refractivity contribution in [2.24, 2.45) is 0 Å². The molecule has 0 heterocycles. The zero-order chi connectivity index (χ0) is 17.3. The van der Waals surface area contributed by atoms with Gasteiger partial charge in [-0.15, -0.1) is 0 Å². The summed E-state index contributed by atoms with van der Waals surface area (Å²) in [6.45, 7) is 1.17. The Labute approximate surface area is 136 Å². The first-order valence-corrected chi connectivity index (χ1v) is 8.56. The molecule has 1 aromatic carbocycles. The molecule has 0 saturated heterocycles. The minimum atomic E-state index is -3.72. The number of hydrogen-bond donors (Lipinski definition) is 3. The standard InChI is InChI=1S/C14H23N3O5S/c1-15-8-9-16-14(18)6-7-17-23(19,20)11-4-5-12(21-2)13(10-11)22-3/h4-5,10,15,17H,6-9H2,1-3H3,(H,16,18). The van der Waals surface area contributed by atoms with Crippen molar-refractivity contribution in [1.29, 1.82) is 0 Å². The Morgan fingerprint density at radius 3 is 2.39 bits per heavy atom. The monoisotopic (exact) mass is 345 g/mol. The number of carbonyl (C=O) groups is 1. The van der Waals surface area contributed by atoms with E-state index in [1.165, 1.54) is 32.4 Å². The lowest BCUT2D eigenvalue weighted by molar-refractivity contribution is -0.120. The van der Waals surface area contributed by atoms with Gasteiger partial charge in [0, 0.05) is 32.1 Å². The molecule has 0 aliphatic rings. The zero-order valence-electron chi connectivity index (χ0n) is 13.5. The molecular weight excluding hydrogens is 322 g/mol. The number of ether oxygens (including phenoxy) is 2. The Hall–Kier alpha value is -1.84. The number of sulfonamides is 1. The SMILES string of the molecule is CNCCNC(=O)CCNS(=O)(=O)c1ccc(OC)c(OC)c1. The van der Waals surface area contributed by atoms with Gasteiger partial charge in [-0.2, -0.15) is 0 Å². The second-order valence-corrected chi connectivity index (χ2v) is 6.39. The molecule has 0 aliphatic carbocycles. The van der Waals surface area contributed by atoms with Crippen LogP contribution < -0.4 is 24.8 Å². The third kappa shape index (κ3) is 6.05. The maximum Gasteiger partial charge on any atom is 0.240 e. The molecule has 0 spiro atoms. The summed E-state index contributed by atoms with van der Waals surface area (Å²) in [7, 11) is 0.962. The lowest BCUT2D eigenvalue weighted by Crippen LogP contribution is -2.33. The van der Waals surface area contributed by atoms with Crippen molar-refractivity contribution in [2.75, 3.05) is 40.9 Å². The van der Waals surface area contributed by atoms with E-state index in [2.05, 4.69) is 15.4 Å². The van der Waals surface area contributed by atoms with Gasteiger partial charge in [0.2, 0.25) is 15.9 Å². The van der Waals surface area contributed by atoms with Crippen molar-refractivity contribution in [3.05, 3.63) is 18.2 Å². The minimum absolute atomic E-state index is 0.0159. The highest BCUT2D eigenvalue weighted by molar-refractivity contribution is 7.89. The first kappa shape index (κ1) is 19.2. The topological polar surface area (TPSA) is 106 Å². The second-order valence-electron chi connectivity index (χ2n) is 4.62. The van der Waals surface area contributed by atoms with Crippen LogP contribution in [0.4, 0.5) is 0 Å². The molecule has 0 fully saturated rings. The summed E-state index contributed by atoms with van der Waals surface area (Å²) in [5.41, 5.74) is 0. The highest BCUT2D eigenvalue weighted by Crippen LogP contribution is 2.29. The number of carbonyl (C=O) groups excluding carboxylic acids is 1. The van der Waals surface area contributed by atoms with Crippen molar-refractivity contribution >= 4 is 15.9 Å². The molecule has 1 amide bonds. The first-order chi connectivity index (χ1) is 10.9. The van der Waals surface area contributed by atoms with Gasteiger partial charge in [-0.25, -0.2) is 13.1 Å². The summed E-state index contributed by atoms with van der Waals surface area (Å²) in [6, 6.07) is 4.29. The molecule has 1 aromatic rings. The molecule has 8 nitrogen and oxygen atoms in total. The van der Waals surface area contributed by atoms with Crippen LogP contribution in [0.5, 0.6) is 11.5 Å². The fourth-order valence-electron chi connectivity index (χ4n) is 1.78. The lowest BCUT2D eigenvalue weighted by Gasteiger charge is -2.11. The second kappa shape index (κ2) is 9.33. The van der Waals surface area contributed by atoms with Gasteiger partial charge in [0.1, 0.15) is 0 Å².